The molecule has 2 aromatic rings. The second-order valence-corrected chi connectivity index (χ2v) is 4.08. The van der Waals surface area contributed by atoms with Crippen LogP contribution >= 0.6 is 0 Å². The standard InChI is InChI=1S/C15H16N2O/c1-16-15(18)14-13(8-5-11-17-14)10-9-12-6-3-2-4-7-12/h2-8,11H,9-10H2,1H3,(H,16,18). The Morgan fingerprint density at radius 1 is 1.11 bits per heavy atom. The van der Waals surface area contributed by atoms with Gasteiger partial charge in [0.2, 0.25) is 0 Å². The highest BCUT2D eigenvalue weighted by Crippen LogP contribution is 2.10. The average molecular weight is 240 g/mol. The van der Waals surface area contributed by atoms with Gasteiger partial charge in [0.1, 0.15) is 5.69 Å². The molecule has 92 valence electrons. The minimum atomic E-state index is -0.126. The van der Waals surface area contributed by atoms with Crippen molar-refractivity contribution in [1.29, 1.82) is 0 Å². The summed E-state index contributed by atoms with van der Waals surface area (Å²) in [6.07, 6.45) is 3.38. The number of aryl methyl sites for hydroxylation is 2. The molecule has 1 heterocycles. The van der Waals surface area contributed by atoms with Gasteiger partial charge in [-0.25, -0.2) is 0 Å². The summed E-state index contributed by atoms with van der Waals surface area (Å²) in [6.45, 7) is 0. The summed E-state index contributed by atoms with van der Waals surface area (Å²) in [5, 5.41) is 2.62. The zero-order chi connectivity index (χ0) is 12.8. The van der Waals surface area contributed by atoms with Gasteiger partial charge in [0.15, 0.2) is 0 Å². The summed E-state index contributed by atoms with van der Waals surface area (Å²) < 4.78 is 0. The second-order valence-electron chi connectivity index (χ2n) is 4.08. The summed E-state index contributed by atoms with van der Waals surface area (Å²) in [4.78, 5) is 15.8. The van der Waals surface area contributed by atoms with Crippen molar-refractivity contribution in [3.63, 3.8) is 0 Å². The first-order valence-corrected chi connectivity index (χ1v) is 6.01. The topological polar surface area (TPSA) is 42.0 Å². The number of amides is 1. The van der Waals surface area contributed by atoms with E-state index in [0.717, 1.165) is 18.4 Å². The molecule has 3 nitrogen and oxygen atoms in total. The van der Waals surface area contributed by atoms with E-state index < -0.39 is 0 Å². The van der Waals surface area contributed by atoms with E-state index in [1.807, 2.05) is 30.3 Å². The third-order valence-corrected chi connectivity index (χ3v) is 2.86. The summed E-state index contributed by atoms with van der Waals surface area (Å²) in [6, 6.07) is 14.1. The van der Waals surface area contributed by atoms with Crippen molar-refractivity contribution >= 4 is 5.91 Å². The van der Waals surface area contributed by atoms with Crippen LogP contribution in [-0.4, -0.2) is 17.9 Å². The van der Waals surface area contributed by atoms with Crippen LogP contribution in [0.25, 0.3) is 0 Å². The summed E-state index contributed by atoms with van der Waals surface area (Å²) in [7, 11) is 1.62. The highest BCUT2D eigenvalue weighted by molar-refractivity contribution is 5.93. The van der Waals surface area contributed by atoms with E-state index in [0.29, 0.717) is 5.69 Å². The predicted octanol–water partition coefficient (Wildman–Crippen LogP) is 2.23. The molecule has 0 aliphatic rings. The minimum Gasteiger partial charge on any atom is -0.354 e. The van der Waals surface area contributed by atoms with Crippen LogP contribution in [0.5, 0.6) is 0 Å². The van der Waals surface area contributed by atoms with Crippen molar-refractivity contribution < 1.29 is 4.79 Å². The molecule has 18 heavy (non-hydrogen) atoms. The number of carbonyl (C=O) groups is 1. The molecule has 2 rings (SSSR count). The highest BCUT2D eigenvalue weighted by atomic mass is 16.1. The summed E-state index contributed by atoms with van der Waals surface area (Å²) >= 11 is 0. The number of pyridine rings is 1. The molecule has 0 fully saturated rings. The minimum absolute atomic E-state index is 0.126. The van der Waals surface area contributed by atoms with Crippen molar-refractivity contribution in [2.75, 3.05) is 7.05 Å². The molecule has 0 saturated heterocycles. The van der Waals surface area contributed by atoms with Gasteiger partial charge in [-0.1, -0.05) is 36.4 Å². The number of benzene rings is 1. The van der Waals surface area contributed by atoms with Gasteiger partial charge in [-0.15, -0.1) is 0 Å². The number of nitrogens with zero attached hydrogens (tertiary/aromatic N) is 1. The molecule has 0 unspecified atom stereocenters. The summed E-state index contributed by atoms with van der Waals surface area (Å²) in [5.41, 5.74) is 2.78. The first kappa shape index (κ1) is 12.3. The van der Waals surface area contributed by atoms with Crippen LogP contribution in [0.4, 0.5) is 0 Å². The van der Waals surface area contributed by atoms with Gasteiger partial charge < -0.3 is 5.32 Å². The molecule has 0 saturated carbocycles. The van der Waals surface area contributed by atoms with Gasteiger partial charge >= 0.3 is 0 Å². The van der Waals surface area contributed by atoms with Crippen LogP contribution in [0.3, 0.4) is 0 Å². The molecule has 0 spiro atoms. The largest absolute Gasteiger partial charge is 0.354 e. The molecule has 0 aliphatic carbocycles. The van der Waals surface area contributed by atoms with Crippen molar-refractivity contribution in [3.05, 3.63) is 65.5 Å². The molecular weight excluding hydrogens is 224 g/mol. The monoisotopic (exact) mass is 240 g/mol. The number of rotatable bonds is 4. The van der Waals surface area contributed by atoms with Crippen LogP contribution < -0.4 is 5.32 Å². The lowest BCUT2D eigenvalue weighted by molar-refractivity contribution is 0.0957. The van der Waals surface area contributed by atoms with Gasteiger partial charge in [0.05, 0.1) is 0 Å². The lowest BCUT2D eigenvalue weighted by atomic mass is 10.0. The van der Waals surface area contributed by atoms with Gasteiger partial charge in [-0.2, -0.15) is 0 Å². The maximum atomic E-state index is 11.7. The summed E-state index contributed by atoms with van der Waals surface area (Å²) in [5.74, 6) is -0.126. The zero-order valence-corrected chi connectivity index (χ0v) is 10.4. The first-order valence-electron chi connectivity index (χ1n) is 6.01. The molecule has 1 amide bonds. The van der Waals surface area contributed by atoms with Crippen molar-refractivity contribution in [2.45, 2.75) is 12.8 Å². The molecule has 1 aromatic heterocycles. The fraction of sp³-hybridized carbons (Fsp3) is 0.200. The number of hydrogen-bond acceptors (Lipinski definition) is 2. The van der Waals surface area contributed by atoms with E-state index in [1.165, 1.54) is 5.56 Å². The zero-order valence-electron chi connectivity index (χ0n) is 10.4. The molecule has 3 heteroatoms. The molecule has 0 radical (unpaired) electrons. The average Bonchev–Trinajstić information content (AvgIpc) is 2.45. The molecule has 1 aromatic carbocycles. The maximum Gasteiger partial charge on any atom is 0.269 e. The SMILES string of the molecule is CNC(=O)c1ncccc1CCc1ccccc1. The number of nitrogens with one attached hydrogen (secondary N) is 1. The van der Waals surface area contributed by atoms with E-state index in [-0.39, 0.29) is 5.91 Å². The van der Waals surface area contributed by atoms with E-state index >= 15 is 0 Å². The number of hydrogen-bond donors (Lipinski definition) is 1. The lowest BCUT2D eigenvalue weighted by Crippen LogP contribution is -2.21. The van der Waals surface area contributed by atoms with Crippen LogP contribution in [0, 0.1) is 0 Å². The van der Waals surface area contributed by atoms with Crippen molar-refractivity contribution in [3.8, 4) is 0 Å². The van der Waals surface area contributed by atoms with E-state index in [1.54, 1.807) is 13.2 Å². The second kappa shape index (κ2) is 5.96. The molecule has 0 aliphatic heterocycles. The third-order valence-electron chi connectivity index (χ3n) is 2.86. The molecule has 0 atom stereocenters. The lowest BCUT2D eigenvalue weighted by Gasteiger charge is -2.07. The van der Waals surface area contributed by atoms with Gasteiger partial charge in [-0.05, 0) is 30.0 Å². The molecule has 0 bridgehead atoms. The number of carbonyl (C=O) groups excluding carboxylic acids is 1. The van der Waals surface area contributed by atoms with E-state index in [2.05, 4.69) is 22.4 Å². The predicted molar refractivity (Wildman–Crippen MR) is 71.5 cm³/mol. The van der Waals surface area contributed by atoms with Crippen molar-refractivity contribution in [1.82, 2.24) is 10.3 Å². The van der Waals surface area contributed by atoms with Gasteiger partial charge in [-0.3, -0.25) is 9.78 Å². The van der Waals surface area contributed by atoms with Crippen LogP contribution in [0.15, 0.2) is 48.7 Å². The Bertz CT molecular complexity index is 523. The maximum absolute atomic E-state index is 11.7. The third kappa shape index (κ3) is 2.94. The van der Waals surface area contributed by atoms with Crippen LogP contribution in [0.2, 0.25) is 0 Å². The first-order chi connectivity index (χ1) is 8.81. The molecule has 1 N–H and O–H groups in total. The van der Waals surface area contributed by atoms with Gasteiger partial charge in [0, 0.05) is 13.2 Å². The Hall–Kier alpha value is -2.16. The highest BCUT2D eigenvalue weighted by Gasteiger charge is 2.10. The Kier molecular flexibility index (Phi) is 4.07. The smallest absolute Gasteiger partial charge is 0.269 e. The van der Waals surface area contributed by atoms with E-state index in [9.17, 15) is 4.79 Å². The Labute approximate surface area is 107 Å². The Morgan fingerprint density at radius 3 is 2.61 bits per heavy atom. The Morgan fingerprint density at radius 2 is 1.89 bits per heavy atom. The van der Waals surface area contributed by atoms with Crippen LogP contribution in [0.1, 0.15) is 21.6 Å². The Balaban J connectivity index is 2.12. The van der Waals surface area contributed by atoms with Crippen LogP contribution in [-0.2, 0) is 12.8 Å². The fourth-order valence-electron chi connectivity index (χ4n) is 1.89. The molecular formula is C15H16N2O. The van der Waals surface area contributed by atoms with Gasteiger partial charge in [0.25, 0.3) is 5.91 Å². The fourth-order valence-corrected chi connectivity index (χ4v) is 1.89. The normalized spacial score (nSPS) is 10.1. The van der Waals surface area contributed by atoms with Crippen molar-refractivity contribution in [2.24, 2.45) is 0 Å². The quantitative estimate of drug-likeness (QED) is 0.890. The number of aromatic nitrogens is 1. The van der Waals surface area contributed by atoms with E-state index in [4.69, 9.17) is 0 Å².